The van der Waals surface area contributed by atoms with Crippen LogP contribution in [0.3, 0.4) is 0 Å². The van der Waals surface area contributed by atoms with Crippen LogP contribution in [0.5, 0.6) is 0 Å². The van der Waals surface area contributed by atoms with Crippen LogP contribution in [0.15, 0.2) is 49.4 Å². The lowest BCUT2D eigenvalue weighted by Gasteiger charge is -2.11. The first-order chi connectivity index (χ1) is 8.74. The molecule has 3 aromatic rings. The van der Waals surface area contributed by atoms with E-state index in [1.165, 1.54) is 22.2 Å². The molecule has 0 atom stereocenters. The highest BCUT2D eigenvalue weighted by molar-refractivity contribution is 9.11. The van der Waals surface area contributed by atoms with E-state index in [0.717, 1.165) is 0 Å². The van der Waals surface area contributed by atoms with Gasteiger partial charge in [0.25, 0.3) is 0 Å². The molecule has 3 aromatic heterocycles. The van der Waals surface area contributed by atoms with Crippen molar-refractivity contribution >= 4 is 65.9 Å². The Labute approximate surface area is 135 Å². The first-order valence-corrected chi connectivity index (χ1v) is 9.38. The van der Waals surface area contributed by atoms with Crippen molar-refractivity contribution in [2.45, 2.75) is 5.92 Å². The van der Waals surface area contributed by atoms with E-state index in [1.807, 2.05) is 34.0 Å². The standard InChI is InChI=1S/C13H8Br2S3/c14-11-5-3-9(17-11)13(8-2-1-7-16-8)10-4-6-12(15)18-10/h1-7,13H. The second-order valence-electron chi connectivity index (χ2n) is 3.73. The minimum Gasteiger partial charge on any atom is -0.148 e. The minimum atomic E-state index is 0.373. The van der Waals surface area contributed by atoms with Crippen LogP contribution in [0.4, 0.5) is 0 Å². The van der Waals surface area contributed by atoms with E-state index in [2.05, 4.69) is 73.6 Å². The Bertz CT molecular complexity index is 597. The Morgan fingerprint density at radius 2 is 1.39 bits per heavy atom. The number of halogens is 2. The molecule has 3 rings (SSSR count). The summed E-state index contributed by atoms with van der Waals surface area (Å²) in [5.41, 5.74) is 0. The largest absolute Gasteiger partial charge is 0.148 e. The summed E-state index contributed by atoms with van der Waals surface area (Å²) in [6.07, 6.45) is 0. The van der Waals surface area contributed by atoms with E-state index in [9.17, 15) is 0 Å². The Hall–Kier alpha value is 0.0600. The van der Waals surface area contributed by atoms with Gasteiger partial charge in [-0.25, -0.2) is 0 Å². The van der Waals surface area contributed by atoms with Crippen LogP contribution >= 0.6 is 65.9 Å². The average molecular weight is 420 g/mol. The van der Waals surface area contributed by atoms with Crippen molar-refractivity contribution in [1.82, 2.24) is 0 Å². The first-order valence-electron chi connectivity index (χ1n) is 5.28. The van der Waals surface area contributed by atoms with Gasteiger partial charge in [0.2, 0.25) is 0 Å². The summed E-state index contributed by atoms with van der Waals surface area (Å²) in [5, 5.41) is 2.15. The SMILES string of the molecule is Brc1ccc(C(c2cccs2)c2ccc(Br)s2)s1. The van der Waals surface area contributed by atoms with Crippen LogP contribution in [0.1, 0.15) is 20.5 Å². The van der Waals surface area contributed by atoms with Gasteiger partial charge in [0.15, 0.2) is 0 Å². The number of hydrogen-bond donors (Lipinski definition) is 0. The summed E-state index contributed by atoms with van der Waals surface area (Å²) >= 11 is 12.6. The van der Waals surface area contributed by atoms with Gasteiger partial charge >= 0.3 is 0 Å². The fourth-order valence-corrected chi connectivity index (χ4v) is 6.05. The Morgan fingerprint density at radius 1 is 0.778 bits per heavy atom. The lowest BCUT2D eigenvalue weighted by atomic mass is 10.0. The molecule has 0 unspecified atom stereocenters. The Balaban J connectivity index is 2.09. The quantitative estimate of drug-likeness (QED) is 0.449. The van der Waals surface area contributed by atoms with Crippen molar-refractivity contribution in [3.8, 4) is 0 Å². The molecule has 92 valence electrons. The summed E-state index contributed by atoms with van der Waals surface area (Å²) in [6.45, 7) is 0. The molecule has 0 N–H and O–H groups in total. The third kappa shape index (κ3) is 2.65. The van der Waals surface area contributed by atoms with Crippen molar-refractivity contribution in [3.63, 3.8) is 0 Å². The second kappa shape index (κ2) is 5.59. The molecule has 0 spiro atoms. The topological polar surface area (TPSA) is 0 Å². The van der Waals surface area contributed by atoms with Crippen LogP contribution in [-0.4, -0.2) is 0 Å². The maximum absolute atomic E-state index is 3.56. The van der Waals surface area contributed by atoms with E-state index in [4.69, 9.17) is 0 Å². The van der Waals surface area contributed by atoms with Crippen LogP contribution < -0.4 is 0 Å². The first kappa shape index (κ1) is 13.1. The van der Waals surface area contributed by atoms with E-state index < -0.39 is 0 Å². The third-order valence-electron chi connectivity index (χ3n) is 2.58. The zero-order valence-corrected chi connectivity index (χ0v) is 14.7. The average Bonchev–Trinajstić information content (AvgIpc) is 3.04. The maximum atomic E-state index is 3.56. The van der Waals surface area contributed by atoms with Crippen molar-refractivity contribution in [3.05, 3.63) is 64.0 Å². The van der Waals surface area contributed by atoms with Gasteiger partial charge in [-0.1, -0.05) is 6.07 Å². The number of hydrogen-bond acceptors (Lipinski definition) is 3. The molecule has 0 fully saturated rings. The molecule has 0 aliphatic heterocycles. The summed E-state index contributed by atoms with van der Waals surface area (Å²) < 4.78 is 2.38. The smallest absolute Gasteiger partial charge is 0.0701 e. The van der Waals surface area contributed by atoms with E-state index in [1.54, 1.807) is 0 Å². The Kier molecular flexibility index (Phi) is 4.06. The van der Waals surface area contributed by atoms with E-state index >= 15 is 0 Å². The van der Waals surface area contributed by atoms with E-state index in [-0.39, 0.29) is 0 Å². The maximum Gasteiger partial charge on any atom is 0.0701 e. The molecule has 0 nitrogen and oxygen atoms in total. The highest BCUT2D eigenvalue weighted by atomic mass is 79.9. The third-order valence-corrected chi connectivity index (χ3v) is 6.90. The molecule has 5 heteroatoms. The number of thiophene rings is 3. The Morgan fingerprint density at radius 3 is 1.78 bits per heavy atom. The molecule has 0 saturated heterocycles. The van der Waals surface area contributed by atoms with Gasteiger partial charge in [0.05, 0.1) is 13.5 Å². The molecule has 0 aliphatic rings. The molecule has 18 heavy (non-hydrogen) atoms. The fraction of sp³-hybridized carbons (Fsp3) is 0.0769. The monoisotopic (exact) mass is 418 g/mol. The molecular weight excluding hydrogens is 412 g/mol. The van der Waals surface area contributed by atoms with Gasteiger partial charge < -0.3 is 0 Å². The van der Waals surface area contributed by atoms with E-state index in [0.29, 0.717) is 5.92 Å². The second-order valence-corrected chi connectivity index (χ2v) is 9.70. The summed E-state index contributed by atoms with van der Waals surface area (Å²) in [4.78, 5) is 4.18. The summed E-state index contributed by atoms with van der Waals surface area (Å²) in [7, 11) is 0. The predicted octanol–water partition coefficient (Wildman–Crippen LogP) is 6.58. The zero-order valence-electron chi connectivity index (χ0n) is 9.10. The van der Waals surface area contributed by atoms with Crippen molar-refractivity contribution in [2.24, 2.45) is 0 Å². The zero-order chi connectivity index (χ0) is 12.5. The minimum absolute atomic E-state index is 0.373. The van der Waals surface area contributed by atoms with Crippen LogP contribution in [-0.2, 0) is 0 Å². The molecule has 0 aromatic carbocycles. The highest BCUT2D eigenvalue weighted by Crippen LogP contribution is 2.42. The number of rotatable bonds is 3. The van der Waals surface area contributed by atoms with Crippen molar-refractivity contribution in [1.29, 1.82) is 0 Å². The molecule has 0 aliphatic carbocycles. The lowest BCUT2D eigenvalue weighted by Crippen LogP contribution is -1.95. The van der Waals surface area contributed by atoms with Gasteiger partial charge in [0, 0.05) is 14.6 Å². The molecule has 0 radical (unpaired) electrons. The van der Waals surface area contributed by atoms with Gasteiger partial charge in [-0.05, 0) is 67.6 Å². The summed E-state index contributed by atoms with van der Waals surface area (Å²) in [5.74, 6) is 0.373. The van der Waals surface area contributed by atoms with Crippen LogP contribution in [0, 0.1) is 0 Å². The van der Waals surface area contributed by atoms with Gasteiger partial charge in [0.1, 0.15) is 0 Å². The van der Waals surface area contributed by atoms with Gasteiger partial charge in [-0.15, -0.1) is 34.0 Å². The predicted molar refractivity (Wildman–Crippen MR) is 89.3 cm³/mol. The molecule has 0 amide bonds. The normalized spacial score (nSPS) is 11.3. The van der Waals surface area contributed by atoms with Crippen LogP contribution in [0.25, 0.3) is 0 Å². The van der Waals surface area contributed by atoms with Crippen LogP contribution in [0.2, 0.25) is 0 Å². The fourth-order valence-electron chi connectivity index (χ4n) is 1.84. The molecule has 0 saturated carbocycles. The van der Waals surface area contributed by atoms with Crippen molar-refractivity contribution in [2.75, 3.05) is 0 Å². The lowest BCUT2D eigenvalue weighted by molar-refractivity contribution is 1.07. The summed E-state index contributed by atoms with van der Waals surface area (Å²) in [6, 6.07) is 13.0. The van der Waals surface area contributed by atoms with Crippen molar-refractivity contribution < 1.29 is 0 Å². The van der Waals surface area contributed by atoms with Gasteiger partial charge in [-0.2, -0.15) is 0 Å². The van der Waals surface area contributed by atoms with Gasteiger partial charge in [-0.3, -0.25) is 0 Å². The molecule has 3 heterocycles. The highest BCUT2D eigenvalue weighted by Gasteiger charge is 2.21. The molecule has 0 bridgehead atoms. The molecular formula is C13H8Br2S3.